The van der Waals surface area contributed by atoms with E-state index in [1.54, 1.807) is 42.5 Å². The van der Waals surface area contributed by atoms with Gasteiger partial charge >= 0.3 is 5.97 Å². The van der Waals surface area contributed by atoms with Crippen molar-refractivity contribution in [1.29, 1.82) is 0 Å². The van der Waals surface area contributed by atoms with Crippen molar-refractivity contribution in [2.45, 2.75) is 42.9 Å². The van der Waals surface area contributed by atoms with E-state index >= 15 is 0 Å². The second kappa shape index (κ2) is 11.2. The van der Waals surface area contributed by atoms with Crippen LogP contribution in [0.2, 0.25) is 0 Å². The number of hydrogen-bond donors (Lipinski definition) is 3. The number of sulfonamides is 1. The molecule has 2 aromatic carbocycles. The summed E-state index contributed by atoms with van der Waals surface area (Å²) in [5, 5.41) is 11.5. The van der Waals surface area contributed by atoms with E-state index in [-0.39, 0.29) is 17.9 Å². The Labute approximate surface area is 186 Å². The van der Waals surface area contributed by atoms with Crippen LogP contribution >= 0.6 is 0 Å². The minimum absolute atomic E-state index is 0.0322. The molecule has 0 saturated carbocycles. The smallest absolute Gasteiger partial charge is 0.307 e. The monoisotopic (exact) mass is 462 g/mol. The van der Waals surface area contributed by atoms with Gasteiger partial charge in [-0.15, -0.1) is 0 Å². The molecule has 1 heterocycles. The van der Waals surface area contributed by atoms with Crippen LogP contribution in [0, 0.1) is 0 Å². The fraction of sp³-hybridized carbons (Fsp3) is 0.364. The summed E-state index contributed by atoms with van der Waals surface area (Å²) in [6, 6.07) is 12.8. The predicted octanol–water partition coefficient (Wildman–Crippen LogP) is 2.14. The Hall–Kier alpha value is -2.79. The van der Waals surface area contributed by atoms with Gasteiger partial charge < -0.3 is 19.9 Å². The van der Waals surface area contributed by atoms with Crippen LogP contribution in [0.1, 0.15) is 24.8 Å². The van der Waals surface area contributed by atoms with Crippen LogP contribution in [-0.4, -0.2) is 50.9 Å². The summed E-state index contributed by atoms with van der Waals surface area (Å²) >= 11 is 0. The molecule has 2 atom stereocenters. The Morgan fingerprint density at radius 2 is 1.81 bits per heavy atom. The van der Waals surface area contributed by atoms with Gasteiger partial charge in [-0.2, -0.15) is 4.72 Å². The first-order chi connectivity index (χ1) is 15.3. The van der Waals surface area contributed by atoms with Crippen LogP contribution in [0.25, 0.3) is 0 Å². The summed E-state index contributed by atoms with van der Waals surface area (Å²) in [4.78, 5) is 23.8. The standard InChI is InChI=1S/C22H26N2O7S/c25-20(26)14-16-9-11-17(12-10-16)23-22(27)19(15-31-21-8-4-5-13-30-21)24-32(28,29)18-6-2-1-3-7-18/h1-3,6-7,9-12,19,21,24H,4-5,8,13-15H2,(H,23,27)(H,25,26)/t19-,21?/m0/s1. The van der Waals surface area contributed by atoms with Gasteiger partial charge in [-0.3, -0.25) is 9.59 Å². The highest BCUT2D eigenvalue weighted by atomic mass is 32.2. The number of rotatable bonds is 10. The van der Waals surface area contributed by atoms with Crippen molar-refractivity contribution in [2.24, 2.45) is 0 Å². The number of anilines is 1. The van der Waals surface area contributed by atoms with E-state index in [1.807, 2.05) is 0 Å². The van der Waals surface area contributed by atoms with Gasteiger partial charge in [0.25, 0.3) is 0 Å². The van der Waals surface area contributed by atoms with Crippen LogP contribution in [0.15, 0.2) is 59.5 Å². The highest BCUT2D eigenvalue weighted by Gasteiger charge is 2.28. The largest absolute Gasteiger partial charge is 0.481 e. The maximum absolute atomic E-state index is 12.9. The summed E-state index contributed by atoms with van der Waals surface area (Å²) in [7, 11) is -3.97. The minimum Gasteiger partial charge on any atom is -0.481 e. The summed E-state index contributed by atoms with van der Waals surface area (Å²) in [5.41, 5.74) is 0.983. The second-order valence-electron chi connectivity index (χ2n) is 7.37. The zero-order chi connectivity index (χ0) is 23.0. The third-order valence-electron chi connectivity index (χ3n) is 4.83. The maximum atomic E-state index is 12.9. The number of benzene rings is 2. The van der Waals surface area contributed by atoms with Crippen molar-refractivity contribution in [3.63, 3.8) is 0 Å². The van der Waals surface area contributed by atoms with Crippen molar-refractivity contribution in [2.75, 3.05) is 18.5 Å². The molecule has 0 bridgehead atoms. The molecule has 0 aliphatic carbocycles. The van der Waals surface area contributed by atoms with Gasteiger partial charge in [0, 0.05) is 12.3 Å². The van der Waals surface area contributed by atoms with Gasteiger partial charge in [0.1, 0.15) is 6.04 Å². The number of carboxylic acid groups (broad SMARTS) is 1. The average Bonchev–Trinajstić information content (AvgIpc) is 2.79. The predicted molar refractivity (Wildman–Crippen MR) is 117 cm³/mol. The van der Waals surface area contributed by atoms with E-state index < -0.39 is 34.2 Å². The number of aliphatic carboxylic acids is 1. The van der Waals surface area contributed by atoms with E-state index in [4.69, 9.17) is 14.6 Å². The molecule has 0 radical (unpaired) electrons. The molecule has 1 unspecified atom stereocenters. The Bertz CT molecular complexity index is 1000. The van der Waals surface area contributed by atoms with Crippen LogP contribution in [0.5, 0.6) is 0 Å². The highest BCUT2D eigenvalue weighted by Crippen LogP contribution is 2.16. The summed E-state index contributed by atoms with van der Waals surface area (Å²) in [6.45, 7) is 0.347. The van der Waals surface area contributed by atoms with Gasteiger partial charge in [-0.25, -0.2) is 8.42 Å². The number of amides is 1. The van der Waals surface area contributed by atoms with Crippen molar-refractivity contribution >= 4 is 27.6 Å². The molecule has 0 spiro atoms. The fourth-order valence-electron chi connectivity index (χ4n) is 3.17. The normalized spacial score (nSPS) is 17.4. The lowest BCUT2D eigenvalue weighted by Crippen LogP contribution is -2.47. The van der Waals surface area contributed by atoms with Gasteiger partial charge in [0.05, 0.1) is 17.9 Å². The number of nitrogens with one attached hydrogen (secondary N) is 2. The van der Waals surface area contributed by atoms with E-state index in [0.29, 0.717) is 24.3 Å². The van der Waals surface area contributed by atoms with Gasteiger partial charge in [0.15, 0.2) is 6.29 Å². The van der Waals surface area contributed by atoms with Crippen molar-refractivity contribution in [1.82, 2.24) is 4.72 Å². The third-order valence-corrected chi connectivity index (χ3v) is 6.32. The van der Waals surface area contributed by atoms with Gasteiger partial charge in [-0.05, 0) is 49.1 Å². The number of carbonyl (C=O) groups is 2. The van der Waals surface area contributed by atoms with Crippen LogP contribution in [-0.2, 0) is 35.5 Å². The molecule has 172 valence electrons. The molecule has 32 heavy (non-hydrogen) atoms. The SMILES string of the molecule is O=C(O)Cc1ccc(NC(=O)[C@H](COC2CCCCO2)NS(=O)(=O)c2ccccc2)cc1. The van der Waals surface area contributed by atoms with Gasteiger partial charge in [-0.1, -0.05) is 30.3 Å². The van der Waals surface area contributed by atoms with Crippen LogP contribution < -0.4 is 10.0 Å². The zero-order valence-electron chi connectivity index (χ0n) is 17.4. The molecule has 1 aliphatic heterocycles. The Morgan fingerprint density at radius 3 is 2.44 bits per heavy atom. The van der Waals surface area contributed by atoms with E-state index in [2.05, 4.69) is 10.0 Å². The molecule has 1 aliphatic rings. The second-order valence-corrected chi connectivity index (χ2v) is 9.09. The Kier molecular flexibility index (Phi) is 8.34. The molecule has 0 aromatic heterocycles. The first-order valence-corrected chi connectivity index (χ1v) is 11.7. The molecule has 1 fully saturated rings. The number of carboxylic acids is 1. The molecule has 9 nitrogen and oxygen atoms in total. The average molecular weight is 463 g/mol. The number of hydrogen-bond acceptors (Lipinski definition) is 6. The zero-order valence-corrected chi connectivity index (χ0v) is 18.2. The molecular weight excluding hydrogens is 436 g/mol. The van der Waals surface area contributed by atoms with E-state index in [9.17, 15) is 18.0 Å². The molecule has 3 rings (SSSR count). The van der Waals surface area contributed by atoms with Crippen molar-refractivity contribution < 1.29 is 32.6 Å². The molecule has 2 aromatic rings. The third kappa shape index (κ3) is 7.13. The summed E-state index contributed by atoms with van der Waals surface area (Å²) < 4.78 is 39.1. The Morgan fingerprint density at radius 1 is 1.09 bits per heavy atom. The molecular formula is C22H26N2O7S. The lowest BCUT2D eigenvalue weighted by atomic mass is 10.1. The molecule has 1 amide bonds. The number of carbonyl (C=O) groups excluding carboxylic acids is 1. The lowest BCUT2D eigenvalue weighted by molar-refractivity contribution is -0.166. The Balaban J connectivity index is 1.71. The van der Waals surface area contributed by atoms with Gasteiger partial charge in [0.2, 0.25) is 15.9 Å². The van der Waals surface area contributed by atoms with Crippen molar-refractivity contribution in [3.05, 3.63) is 60.2 Å². The minimum atomic E-state index is -3.97. The van der Waals surface area contributed by atoms with E-state index in [1.165, 1.54) is 12.1 Å². The summed E-state index contributed by atoms with van der Waals surface area (Å²) in [5.74, 6) is -1.56. The molecule has 10 heteroatoms. The first-order valence-electron chi connectivity index (χ1n) is 10.3. The van der Waals surface area contributed by atoms with E-state index in [0.717, 1.165) is 12.8 Å². The molecule has 1 saturated heterocycles. The quantitative estimate of drug-likeness (QED) is 0.493. The molecule has 3 N–H and O–H groups in total. The van der Waals surface area contributed by atoms with Crippen molar-refractivity contribution in [3.8, 4) is 0 Å². The first kappa shape index (κ1) is 23.9. The van der Waals surface area contributed by atoms with Crippen LogP contribution in [0.4, 0.5) is 5.69 Å². The summed E-state index contributed by atoms with van der Waals surface area (Å²) in [6.07, 6.45) is 1.91. The lowest BCUT2D eigenvalue weighted by Gasteiger charge is -2.25. The highest BCUT2D eigenvalue weighted by molar-refractivity contribution is 7.89. The number of ether oxygens (including phenoxy) is 2. The maximum Gasteiger partial charge on any atom is 0.307 e. The fourth-order valence-corrected chi connectivity index (χ4v) is 4.38. The topological polar surface area (TPSA) is 131 Å². The van der Waals surface area contributed by atoms with Crippen LogP contribution in [0.3, 0.4) is 0 Å².